The van der Waals surface area contributed by atoms with Crippen molar-refractivity contribution in [3.05, 3.63) is 18.3 Å². The smallest absolute Gasteiger partial charge is 0.422 e. The van der Waals surface area contributed by atoms with E-state index in [4.69, 9.17) is 5.73 Å². The van der Waals surface area contributed by atoms with E-state index in [0.717, 1.165) is 18.3 Å². The Kier molecular flexibility index (Phi) is 5.72. The van der Waals surface area contributed by atoms with Gasteiger partial charge in [0.1, 0.15) is 4.90 Å². The largest absolute Gasteiger partial charge is 0.468 e. The topological polar surface area (TPSA) is 94.3 Å². The van der Waals surface area contributed by atoms with Gasteiger partial charge in [0, 0.05) is 12.6 Å². The fourth-order valence-electron chi connectivity index (χ4n) is 1.16. The number of halogens is 3. The van der Waals surface area contributed by atoms with E-state index in [1.165, 1.54) is 0 Å². The van der Waals surface area contributed by atoms with Gasteiger partial charge in [-0.25, -0.2) is 18.1 Å². The van der Waals surface area contributed by atoms with Crippen LogP contribution in [0.5, 0.6) is 5.88 Å². The predicted octanol–water partition coefficient (Wildman–Crippen LogP) is 0.650. The average Bonchev–Trinajstić information content (AvgIpc) is 2.36. The molecular formula is C10H14F3N3O3S. The predicted molar refractivity (Wildman–Crippen MR) is 64.6 cm³/mol. The maximum Gasteiger partial charge on any atom is 0.422 e. The minimum Gasteiger partial charge on any atom is -0.468 e. The van der Waals surface area contributed by atoms with Gasteiger partial charge in [-0.3, -0.25) is 0 Å². The Balaban J connectivity index is 2.66. The first kappa shape index (κ1) is 16.7. The van der Waals surface area contributed by atoms with Gasteiger partial charge in [0.25, 0.3) is 0 Å². The number of nitrogens with one attached hydrogen (secondary N) is 1. The molecule has 0 spiro atoms. The maximum absolute atomic E-state index is 11.9. The van der Waals surface area contributed by atoms with Gasteiger partial charge < -0.3 is 10.5 Å². The van der Waals surface area contributed by atoms with Gasteiger partial charge in [0.05, 0.1) is 6.20 Å². The van der Waals surface area contributed by atoms with Crippen LogP contribution < -0.4 is 15.2 Å². The number of aromatic nitrogens is 1. The summed E-state index contributed by atoms with van der Waals surface area (Å²) < 4.78 is 65.8. The molecule has 0 aliphatic rings. The van der Waals surface area contributed by atoms with Crippen molar-refractivity contribution in [2.24, 2.45) is 5.73 Å². The molecule has 3 N–H and O–H groups in total. The molecule has 114 valence electrons. The molecule has 0 saturated carbocycles. The molecule has 0 saturated heterocycles. The van der Waals surface area contributed by atoms with Crippen molar-refractivity contribution < 1.29 is 26.3 Å². The first-order valence-corrected chi connectivity index (χ1v) is 7.08. The number of sulfonamides is 1. The van der Waals surface area contributed by atoms with Crippen LogP contribution in [0.15, 0.2) is 23.2 Å². The molecule has 0 atom stereocenters. The third-order valence-corrected chi connectivity index (χ3v) is 3.52. The first-order valence-electron chi connectivity index (χ1n) is 5.60. The molecule has 0 fully saturated rings. The monoisotopic (exact) mass is 313 g/mol. The number of alkyl halides is 3. The normalized spacial score (nSPS) is 12.4. The van der Waals surface area contributed by atoms with Crippen molar-refractivity contribution in [3.63, 3.8) is 0 Å². The lowest BCUT2D eigenvalue weighted by Crippen LogP contribution is -2.26. The zero-order chi connectivity index (χ0) is 15.2. The summed E-state index contributed by atoms with van der Waals surface area (Å²) in [4.78, 5) is 3.35. The molecule has 0 aromatic carbocycles. The Bertz CT molecular complexity index is 517. The van der Waals surface area contributed by atoms with Crippen LogP contribution >= 0.6 is 0 Å². The Morgan fingerprint density at radius 2 is 2.05 bits per heavy atom. The van der Waals surface area contributed by atoms with Gasteiger partial charge in [0.2, 0.25) is 15.9 Å². The summed E-state index contributed by atoms with van der Waals surface area (Å²) in [6.45, 7) is -0.975. The molecule has 0 unspecified atom stereocenters. The fourth-order valence-corrected chi connectivity index (χ4v) is 2.18. The van der Waals surface area contributed by atoms with Gasteiger partial charge in [-0.1, -0.05) is 0 Å². The number of ether oxygens (including phenoxy) is 1. The Labute approximate surface area is 114 Å². The SMILES string of the molecule is NCCCNS(=O)(=O)c1ccc(OCC(F)(F)F)nc1. The number of hydrogen-bond donors (Lipinski definition) is 2. The minimum atomic E-state index is -4.48. The summed E-state index contributed by atoms with van der Waals surface area (Å²) in [5.41, 5.74) is 5.23. The van der Waals surface area contributed by atoms with Crippen LogP contribution in [-0.2, 0) is 10.0 Å². The molecule has 0 aliphatic heterocycles. The minimum absolute atomic E-state index is 0.158. The number of rotatable bonds is 7. The Morgan fingerprint density at radius 3 is 2.55 bits per heavy atom. The second-order valence-electron chi connectivity index (χ2n) is 3.78. The summed E-state index contributed by atoms with van der Waals surface area (Å²) >= 11 is 0. The zero-order valence-electron chi connectivity index (χ0n) is 10.4. The maximum atomic E-state index is 11.9. The van der Waals surface area contributed by atoms with Gasteiger partial charge in [-0.15, -0.1) is 0 Å². The van der Waals surface area contributed by atoms with Gasteiger partial charge in [-0.2, -0.15) is 13.2 Å². The van der Waals surface area contributed by atoms with Crippen LogP contribution in [0.3, 0.4) is 0 Å². The molecule has 1 aromatic rings. The second kappa shape index (κ2) is 6.86. The molecule has 1 aromatic heterocycles. The number of nitrogens with two attached hydrogens (primary N) is 1. The lowest BCUT2D eigenvalue weighted by molar-refractivity contribution is -0.154. The lowest BCUT2D eigenvalue weighted by atomic mass is 10.4. The Morgan fingerprint density at radius 1 is 1.35 bits per heavy atom. The van der Waals surface area contributed by atoms with E-state index < -0.39 is 22.8 Å². The van der Waals surface area contributed by atoms with E-state index in [1.54, 1.807) is 0 Å². The van der Waals surface area contributed by atoms with Crippen molar-refractivity contribution in [2.45, 2.75) is 17.5 Å². The van der Waals surface area contributed by atoms with Crippen LogP contribution in [0.4, 0.5) is 13.2 Å². The summed E-state index contributed by atoms with van der Waals surface area (Å²) in [5, 5.41) is 0. The van der Waals surface area contributed by atoms with Gasteiger partial charge in [0.15, 0.2) is 6.61 Å². The average molecular weight is 313 g/mol. The number of hydrogen-bond acceptors (Lipinski definition) is 5. The summed E-state index contributed by atoms with van der Waals surface area (Å²) in [7, 11) is -3.74. The van der Waals surface area contributed by atoms with Gasteiger partial charge in [-0.05, 0) is 19.0 Å². The number of nitrogens with zero attached hydrogens (tertiary/aromatic N) is 1. The first-order chi connectivity index (χ1) is 9.24. The lowest BCUT2D eigenvalue weighted by Gasteiger charge is -2.09. The second-order valence-corrected chi connectivity index (χ2v) is 5.54. The van der Waals surface area contributed by atoms with Crippen molar-refractivity contribution >= 4 is 10.0 Å². The van der Waals surface area contributed by atoms with Crippen LogP contribution in [0.25, 0.3) is 0 Å². The fraction of sp³-hybridized carbons (Fsp3) is 0.500. The quantitative estimate of drug-likeness (QED) is 0.721. The highest BCUT2D eigenvalue weighted by Gasteiger charge is 2.28. The molecular weight excluding hydrogens is 299 g/mol. The third kappa shape index (κ3) is 5.72. The van der Waals surface area contributed by atoms with Crippen molar-refractivity contribution in [1.29, 1.82) is 0 Å². The van der Waals surface area contributed by atoms with E-state index in [0.29, 0.717) is 13.0 Å². The molecule has 0 amide bonds. The molecule has 1 heterocycles. The van der Waals surface area contributed by atoms with Crippen LogP contribution in [0, 0.1) is 0 Å². The van der Waals surface area contributed by atoms with Crippen molar-refractivity contribution in [2.75, 3.05) is 19.7 Å². The highest BCUT2D eigenvalue weighted by Crippen LogP contribution is 2.18. The van der Waals surface area contributed by atoms with Crippen LogP contribution in [-0.4, -0.2) is 39.3 Å². The van der Waals surface area contributed by atoms with Crippen LogP contribution in [0.1, 0.15) is 6.42 Å². The summed E-state index contributed by atoms with van der Waals surface area (Å²) in [6.07, 6.45) is -3.08. The summed E-state index contributed by atoms with van der Waals surface area (Å²) in [5.74, 6) is -0.303. The highest BCUT2D eigenvalue weighted by molar-refractivity contribution is 7.89. The molecule has 0 aliphatic carbocycles. The number of pyridine rings is 1. The van der Waals surface area contributed by atoms with E-state index in [1.807, 2.05) is 0 Å². The van der Waals surface area contributed by atoms with Crippen molar-refractivity contribution in [3.8, 4) is 5.88 Å². The van der Waals surface area contributed by atoms with E-state index in [-0.39, 0.29) is 17.3 Å². The van der Waals surface area contributed by atoms with E-state index in [2.05, 4.69) is 14.4 Å². The molecule has 0 bridgehead atoms. The van der Waals surface area contributed by atoms with Gasteiger partial charge >= 0.3 is 6.18 Å². The van der Waals surface area contributed by atoms with Crippen LogP contribution in [0.2, 0.25) is 0 Å². The Hall–Kier alpha value is -1.39. The standard InChI is InChI=1S/C10H14F3N3O3S/c11-10(12,13)7-19-9-3-2-8(6-15-9)20(17,18)16-5-1-4-14/h2-3,6,16H,1,4-5,7,14H2. The van der Waals surface area contributed by atoms with E-state index >= 15 is 0 Å². The molecule has 1 rings (SSSR count). The third-order valence-electron chi connectivity index (χ3n) is 2.08. The molecule has 0 radical (unpaired) electrons. The molecule has 6 nitrogen and oxygen atoms in total. The molecule has 10 heteroatoms. The molecule has 20 heavy (non-hydrogen) atoms. The summed E-state index contributed by atoms with van der Waals surface area (Å²) in [6, 6.07) is 2.17. The highest BCUT2D eigenvalue weighted by atomic mass is 32.2. The van der Waals surface area contributed by atoms with Crippen molar-refractivity contribution in [1.82, 2.24) is 9.71 Å². The van der Waals surface area contributed by atoms with E-state index in [9.17, 15) is 21.6 Å². The zero-order valence-corrected chi connectivity index (χ0v) is 11.2.